The Balaban J connectivity index is 1.97. The van der Waals surface area contributed by atoms with E-state index in [1.54, 1.807) is 24.4 Å². The molecule has 4 nitrogen and oxygen atoms in total. The third-order valence-corrected chi connectivity index (χ3v) is 3.39. The highest BCUT2D eigenvalue weighted by Crippen LogP contribution is 2.24. The van der Waals surface area contributed by atoms with E-state index in [-0.39, 0.29) is 5.91 Å². The number of nitrogens with two attached hydrogens (primary N) is 1. The van der Waals surface area contributed by atoms with Gasteiger partial charge in [-0.25, -0.2) is 0 Å². The molecule has 104 valence electrons. The third-order valence-electron chi connectivity index (χ3n) is 3.15. The number of amides is 1. The Kier molecular flexibility index (Phi) is 3.46. The highest BCUT2D eigenvalue weighted by molar-refractivity contribution is 6.31. The van der Waals surface area contributed by atoms with Crippen LogP contribution in [0.3, 0.4) is 0 Å². The summed E-state index contributed by atoms with van der Waals surface area (Å²) in [6.45, 7) is 0. The first-order chi connectivity index (χ1) is 10.1. The minimum Gasteiger partial charge on any atom is -0.398 e. The van der Waals surface area contributed by atoms with Gasteiger partial charge >= 0.3 is 0 Å². The molecule has 0 atom stereocenters. The molecular formula is C16H12ClN3O. The van der Waals surface area contributed by atoms with E-state index < -0.39 is 0 Å². The summed E-state index contributed by atoms with van der Waals surface area (Å²) < 4.78 is 0. The fourth-order valence-electron chi connectivity index (χ4n) is 2.14. The number of nitrogen functional groups attached to an aromatic ring is 1. The van der Waals surface area contributed by atoms with Crippen LogP contribution in [0.25, 0.3) is 10.9 Å². The summed E-state index contributed by atoms with van der Waals surface area (Å²) in [5.74, 6) is -0.277. The number of carbonyl (C=O) groups is 1. The zero-order valence-electron chi connectivity index (χ0n) is 11.0. The van der Waals surface area contributed by atoms with Crippen LogP contribution in [-0.4, -0.2) is 10.9 Å². The van der Waals surface area contributed by atoms with E-state index in [4.69, 9.17) is 17.3 Å². The summed E-state index contributed by atoms with van der Waals surface area (Å²) in [5.41, 5.74) is 8.08. The first kappa shape index (κ1) is 13.4. The Labute approximate surface area is 126 Å². The Bertz CT molecular complexity index is 827. The van der Waals surface area contributed by atoms with Gasteiger partial charge in [-0.2, -0.15) is 0 Å². The molecule has 3 N–H and O–H groups in total. The molecule has 0 aliphatic heterocycles. The molecule has 5 heteroatoms. The average Bonchev–Trinajstić information content (AvgIpc) is 2.47. The van der Waals surface area contributed by atoms with Crippen LogP contribution >= 0.6 is 11.6 Å². The lowest BCUT2D eigenvalue weighted by molar-refractivity contribution is 0.102. The zero-order chi connectivity index (χ0) is 14.8. The third kappa shape index (κ3) is 2.66. The average molecular weight is 298 g/mol. The molecule has 3 aromatic rings. The van der Waals surface area contributed by atoms with Gasteiger partial charge in [-0.3, -0.25) is 9.78 Å². The number of nitrogens with one attached hydrogen (secondary N) is 1. The minimum absolute atomic E-state index is 0.277. The van der Waals surface area contributed by atoms with Crippen LogP contribution in [0, 0.1) is 0 Å². The summed E-state index contributed by atoms with van der Waals surface area (Å²) in [4.78, 5) is 16.6. The second kappa shape index (κ2) is 5.42. The number of carbonyl (C=O) groups excluding carboxylic acids is 1. The summed E-state index contributed by atoms with van der Waals surface area (Å²) in [6.07, 6.45) is 1.71. The first-order valence-electron chi connectivity index (χ1n) is 6.35. The van der Waals surface area contributed by atoms with Crippen molar-refractivity contribution in [3.05, 3.63) is 65.3 Å². The molecule has 1 aromatic heterocycles. The van der Waals surface area contributed by atoms with E-state index in [2.05, 4.69) is 10.3 Å². The summed E-state index contributed by atoms with van der Waals surface area (Å²) in [7, 11) is 0. The van der Waals surface area contributed by atoms with Gasteiger partial charge in [0.1, 0.15) is 0 Å². The molecule has 0 saturated carbocycles. The quantitative estimate of drug-likeness (QED) is 0.708. The highest BCUT2D eigenvalue weighted by Gasteiger charge is 2.11. The van der Waals surface area contributed by atoms with Gasteiger partial charge in [0.15, 0.2) is 0 Å². The number of rotatable bonds is 2. The number of hydrogen-bond acceptors (Lipinski definition) is 3. The molecule has 0 aliphatic rings. The molecule has 0 aliphatic carbocycles. The maximum atomic E-state index is 12.3. The molecule has 0 bridgehead atoms. The monoisotopic (exact) mass is 297 g/mol. The Morgan fingerprint density at radius 3 is 2.81 bits per heavy atom. The second-order valence-electron chi connectivity index (χ2n) is 4.56. The van der Waals surface area contributed by atoms with Gasteiger partial charge < -0.3 is 11.1 Å². The molecule has 1 heterocycles. The van der Waals surface area contributed by atoms with Crippen molar-refractivity contribution in [2.45, 2.75) is 0 Å². The Morgan fingerprint density at radius 2 is 2.00 bits per heavy atom. The largest absolute Gasteiger partial charge is 0.398 e. The molecule has 0 fully saturated rings. The zero-order valence-corrected chi connectivity index (χ0v) is 11.8. The number of benzene rings is 2. The number of aromatic nitrogens is 1. The van der Waals surface area contributed by atoms with Crippen molar-refractivity contribution in [3.8, 4) is 0 Å². The van der Waals surface area contributed by atoms with Crippen LogP contribution in [0.1, 0.15) is 10.4 Å². The summed E-state index contributed by atoms with van der Waals surface area (Å²) in [6, 6.07) is 14.1. The normalized spacial score (nSPS) is 10.5. The molecule has 0 spiro atoms. The van der Waals surface area contributed by atoms with Gasteiger partial charge in [0.25, 0.3) is 5.91 Å². The number of anilines is 2. The second-order valence-corrected chi connectivity index (χ2v) is 5.00. The van der Waals surface area contributed by atoms with Crippen molar-refractivity contribution in [2.24, 2.45) is 0 Å². The predicted molar refractivity (Wildman–Crippen MR) is 85.6 cm³/mol. The van der Waals surface area contributed by atoms with Crippen LogP contribution in [0.5, 0.6) is 0 Å². The molecule has 21 heavy (non-hydrogen) atoms. The fraction of sp³-hybridized carbons (Fsp3) is 0. The summed E-state index contributed by atoms with van der Waals surface area (Å²) in [5, 5.41) is 4.23. The maximum Gasteiger partial charge on any atom is 0.257 e. The highest BCUT2D eigenvalue weighted by atomic mass is 35.5. The minimum atomic E-state index is -0.277. The molecule has 0 radical (unpaired) electrons. The van der Waals surface area contributed by atoms with Gasteiger partial charge in [-0.15, -0.1) is 0 Å². The van der Waals surface area contributed by atoms with Crippen LogP contribution in [0.2, 0.25) is 5.02 Å². The summed E-state index contributed by atoms with van der Waals surface area (Å²) >= 11 is 5.84. The lowest BCUT2D eigenvalue weighted by atomic mass is 10.1. The number of nitrogens with zero attached hydrogens (tertiary/aromatic N) is 1. The van der Waals surface area contributed by atoms with E-state index >= 15 is 0 Å². The SMILES string of the molecule is Nc1cc(Cl)ccc1C(=O)Nc1cccc2ncccc12. The van der Waals surface area contributed by atoms with E-state index in [9.17, 15) is 4.79 Å². The molecular weight excluding hydrogens is 286 g/mol. The predicted octanol–water partition coefficient (Wildman–Crippen LogP) is 3.72. The van der Waals surface area contributed by atoms with Crippen molar-refractivity contribution < 1.29 is 4.79 Å². The molecule has 2 aromatic carbocycles. The van der Waals surface area contributed by atoms with Gasteiger partial charge in [0.05, 0.1) is 16.8 Å². The number of pyridine rings is 1. The number of halogens is 1. The topological polar surface area (TPSA) is 68.0 Å². The van der Waals surface area contributed by atoms with Crippen molar-refractivity contribution in [3.63, 3.8) is 0 Å². The van der Waals surface area contributed by atoms with Crippen LogP contribution < -0.4 is 11.1 Å². The molecule has 3 rings (SSSR count). The van der Waals surface area contributed by atoms with Crippen LogP contribution in [0.15, 0.2) is 54.7 Å². The van der Waals surface area contributed by atoms with E-state index in [0.717, 1.165) is 10.9 Å². The fourth-order valence-corrected chi connectivity index (χ4v) is 2.32. The van der Waals surface area contributed by atoms with E-state index in [1.165, 1.54) is 0 Å². The molecule has 1 amide bonds. The maximum absolute atomic E-state index is 12.3. The van der Waals surface area contributed by atoms with Crippen molar-refractivity contribution in [2.75, 3.05) is 11.1 Å². The lowest BCUT2D eigenvalue weighted by Gasteiger charge is -2.10. The van der Waals surface area contributed by atoms with Crippen molar-refractivity contribution >= 4 is 39.8 Å². The van der Waals surface area contributed by atoms with Gasteiger partial charge in [-0.1, -0.05) is 17.7 Å². The van der Waals surface area contributed by atoms with Crippen LogP contribution in [-0.2, 0) is 0 Å². The first-order valence-corrected chi connectivity index (χ1v) is 6.73. The standard InChI is InChI=1S/C16H12ClN3O/c17-10-6-7-11(13(18)9-10)16(21)20-15-5-1-4-14-12(15)3-2-8-19-14/h1-9H,18H2,(H,20,21). The van der Waals surface area contributed by atoms with Gasteiger partial charge in [0.2, 0.25) is 0 Å². The molecule has 0 saturated heterocycles. The smallest absolute Gasteiger partial charge is 0.257 e. The number of hydrogen-bond donors (Lipinski definition) is 2. The van der Waals surface area contributed by atoms with E-state index in [1.807, 2.05) is 30.3 Å². The van der Waals surface area contributed by atoms with Gasteiger partial charge in [-0.05, 0) is 42.5 Å². The van der Waals surface area contributed by atoms with E-state index in [0.29, 0.717) is 22.0 Å². The van der Waals surface area contributed by atoms with Crippen molar-refractivity contribution in [1.82, 2.24) is 4.98 Å². The Morgan fingerprint density at radius 1 is 1.14 bits per heavy atom. The van der Waals surface area contributed by atoms with Crippen molar-refractivity contribution in [1.29, 1.82) is 0 Å². The van der Waals surface area contributed by atoms with Crippen LogP contribution in [0.4, 0.5) is 11.4 Å². The lowest BCUT2D eigenvalue weighted by Crippen LogP contribution is -2.14. The van der Waals surface area contributed by atoms with Gasteiger partial charge in [0, 0.05) is 22.3 Å². The number of fused-ring (bicyclic) bond motifs is 1. The molecule has 0 unspecified atom stereocenters. The Hall–Kier alpha value is -2.59.